The van der Waals surface area contributed by atoms with Crippen LogP contribution in [0.25, 0.3) is 11.1 Å². The number of benzene rings is 2. The fraction of sp³-hybridized carbons (Fsp3) is 0.611. The lowest BCUT2D eigenvalue weighted by molar-refractivity contribution is -0.890. The molecule has 6 nitrogen and oxygen atoms in total. The van der Waals surface area contributed by atoms with Crippen molar-refractivity contribution in [3.05, 3.63) is 59.7 Å². The summed E-state index contributed by atoms with van der Waals surface area (Å²) in [5, 5.41) is 6.15. The third kappa shape index (κ3) is 14.0. The summed E-state index contributed by atoms with van der Waals surface area (Å²) in [6.07, 6.45) is 12.3. The van der Waals surface area contributed by atoms with E-state index in [1.54, 1.807) is 0 Å². The fourth-order valence-corrected chi connectivity index (χ4v) is 5.41. The molecule has 2 rings (SSSR count). The average Bonchev–Trinajstić information content (AvgIpc) is 2.98. The van der Waals surface area contributed by atoms with Gasteiger partial charge in [-0.15, -0.1) is 0 Å². The highest BCUT2D eigenvalue weighted by atomic mass is 16.2. The van der Waals surface area contributed by atoms with Crippen LogP contribution >= 0.6 is 0 Å². The molecule has 0 aliphatic heterocycles. The summed E-state index contributed by atoms with van der Waals surface area (Å²) in [6.45, 7) is 10.4. The Bertz CT molecular complexity index is 960. The Morgan fingerprint density at radius 2 is 0.833 bits per heavy atom. The summed E-state index contributed by atoms with van der Waals surface area (Å²) in [6, 6.07) is 15.4. The van der Waals surface area contributed by atoms with Crippen LogP contribution in [0.1, 0.15) is 98.8 Å². The fourth-order valence-electron chi connectivity index (χ4n) is 5.41. The maximum Gasteiger partial charge on any atom is 0.251 e. The van der Waals surface area contributed by atoms with Gasteiger partial charge in [0, 0.05) is 37.1 Å². The molecule has 2 aromatic carbocycles. The van der Waals surface area contributed by atoms with E-state index in [2.05, 4.69) is 52.7 Å². The number of rotatable bonds is 21. The Labute approximate surface area is 257 Å². The van der Waals surface area contributed by atoms with Crippen LogP contribution in [0, 0.1) is 0 Å². The van der Waals surface area contributed by atoms with E-state index >= 15 is 0 Å². The van der Waals surface area contributed by atoms with Crippen LogP contribution in [-0.4, -0.2) is 88.2 Å². The molecule has 0 fully saturated rings. The van der Waals surface area contributed by atoms with Gasteiger partial charge >= 0.3 is 0 Å². The molecule has 0 aliphatic carbocycles. The van der Waals surface area contributed by atoms with Crippen molar-refractivity contribution in [1.29, 1.82) is 0 Å². The number of unbranched alkanes of at least 4 members (excludes halogenated alkanes) is 6. The topological polar surface area (TPSA) is 58.2 Å². The quantitative estimate of drug-likeness (QED) is 0.125. The summed E-state index contributed by atoms with van der Waals surface area (Å²) >= 11 is 0. The van der Waals surface area contributed by atoms with Crippen molar-refractivity contribution in [2.24, 2.45) is 0 Å². The molecule has 0 heterocycles. The Morgan fingerprint density at radius 1 is 0.500 bits per heavy atom. The summed E-state index contributed by atoms with van der Waals surface area (Å²) in [5.74, 6) is -0.0546. The van der Waals surface area contributed by atoms with Gasteiger partial charge in [0.1, 0.15) is 0 Å². The van der Waals surface area contributed by atoms with Crippen molar-refractivity contribution >= 4 is 11.8 Å². The smallest absolute Gasteiger partial charge is 0.251 e. The number of nitrogens with zero attached hydrogens (tertiary/aromatic N) is 2. The van der Waals surface area contributed by atoms with Crippen LogP contribution in [0.5, 0.6) is 0 Å². The van der Waals surface area contributed by atoms with Gasteiger partial charge in [-0.2, -0.15) is 0 Å². The van der Waals surface area contributed by atoms with Crippen molar-refractivity contribution in [3.63, 3.8) is 0 Å². The second-order valence-electron chi connectivity index (χ2n) is 13.3. The Balaban J connectivity index is 1.73. The summed E-state index contributed by atoms with van der Waals surface area (Å²) in [7, 11) is 9.12. The van der Waals surface area contributed by atoms with E-state index in [1.165, 1.54) is 64.5 Å². The lowest BCUT2D eigenvalue weighted by atomic mass is 10.0. The number of carbonyl (C=O) groups excluding carboxylic acids is 2. The molecule has 0 atom stereocenters. The highest BCUT2D eigenvalue weighted by Gasteiger charge is 2.16. The maximum atomic E-state index is 12.7. The van der Waals surface area contributed by atoms with Gasteiger partial charge in [0.25, 0.3) is 11.8 Å². The van der Waals surface area contributed by atoms with Crippen LogP contribution in [0.3, 0.4) is 0 Å². The molecule has 0 saturated heterocycles. The maximum absolute atomic E-state index is 12.7. The molecule has 0 unspecified atom stereocenters. The molecular formula is C36H60N4O2+2. The molecule has 42 heavy (non-hydrogen) atoms. The van der Waals surface area contributed by atoms with E-state index in [-0.39, 0.29) is 11.8 Å². The monoisotopic (exact) mass is 580 g/mol. The minimum Gasteiger partial charge on any atom is -0.352 e. The molecule has 2 amide bonds. The zero-order chi connectivity index (χ0) is 30.8. The van der Waals surface area contributed by atoms with E-state index in [4.69, 9.17) is 0 Å². The van der Waals surface area contributed by atoms with Crippen LogP contribution in [-0.2, 0) is 0 Å². The first-order chi connectivity index (χ1) is 20.1. The van der Waals surface area contributed by atoms with E-state index in [1.807, 2.05) is 48.5 Å². The lowest BCUT2D eigenvalue weighted by Crippen LogP contribution is -2.42. The van der Waals surface area contributed by atoms with E-state index < -0.39 is 0 Å². The molecule has 0 saturated carbocycles. The zero-order valence-electron chi connectivity index (χ0n) is 27.6. The van der Waals surface area contributed by atoms with Crippen LogP contribution in [0.2, 0.25) is 0 Å². The van der Waals surface area contributed by atoms with Gasteiger partial charge in [0.2, 0.25) is 0 Å². The summed E-state index contributed by atoms with van der Waals surface area (Å²) < 4.78 is 2.01. The van der Waals surface area contributed by atoms with Crippen molar-refractivity contribution in [2.45, 2.75) is 78.1 Å². The number of amides is 2. The molecule has 0 aliphatic rings. The van der Waals surface area contributed by atoms with Crippen LogP contribution in [0.15, 0.2) is 48.5 Å². The van der Waals surface area contributed by atoms with Gasteiger partial charge in [0.15, 0.2) is 0 Å². The Morgan fingerprint density at radius 3 is 1.17 bits per heavy atom. The number of carbonyl (C=O) groups is 2. The number of hydrogen-bond donors (Lipinski definition) is 2. The number of hydrogen-bond acceptors (Lipinski definition) is 2. The predicted octanol–water partition coefficient (Wildman–Crippen LogP) is 6.91. The predicted molar refractivity (Wildman–Crippen MR) is 178 cm³/mol. The van der Waals surface area contributed by atoms with E-state index in [0.717, 1.165) is 46.0 Å². The summed E-state index contributed by atoms with van der Waals surface area (Å²) in [4.78, 5) is 25.3. The first-order valence-corrected chi connectivity index (χ1v) is 16.5. The highest BCUT2D eigenvalue weighted by Crippen LogP contribution is 2.20. The normalized spacial score (nSPS) is 11.9. The minimum absolute atomic E-state index is 0.0273. The molecule has 0 aromatic heterocycles. The van der Waals surface area contributed by atoms with E-state index in [0.29, 0.717) is 24.2 Å². The van der Waals surface area contributed by atoms with Crippen molar-refractivity contribution in [2.75, 3.05) is 67.5 Å². The molecule has 2 aromatic rings. The first-order valence-electron chi connectivity index (χ1n) is 16.5. The average molecular weight is 581 g/mol. The second-order valence-corrected chi connectivity index (χ2v) is 13.3. The second kappa shape index (κ2) is 18.8. The SMILES string of the molecule is CCCCCC[N+](C)(C)CCCNC(=O)c1ccc(-c2ccc(C(=O)NCCC[N+](C)(C)CCCCCC)cc2)cc1. The van der Waals surface area contributed by atoms with Gasteiger partial charge in [0.05, 0.1) is 54.4 Å². The highest BCUT2D eigenvalue weighted by molar-refractivity contribution is 5.95. The first kappa shape index (κ1) is 35.5. The molecular weight excluding hydrogens is 520 g/mol. The number of nitrogens with one attached hydrogen (secondary N) is 2. The Hall–Kier alpha value is -2.70. The molecule has 2 N–H and O–H groups in total. The van der Waals surface area contributed by atoms with Crippen molar-refractivity contribution in [3.8, 4) is 11.1 Å². The standard InChI is InChI=1S/C36H58N4O2/c1-7-9-11-13-27-39(3,4)29-15-25-37-35(41)33-21-17-31(18-22-33)32-19-23-34(24-20-32)36(42)38-26-16-30-40(5,6)28-14-12-10-8-2/h17-24H,7-16,25-30H2,1-6H3/p+2. The largest absolute Gasteiger partial charge is 0.352 e. The van der Waals surface area contributed by atoms with Crippen LogP contribution in [0.4, 0.5) is 0 Å². The number of quaternary nitrogens is 2. The molecule has 6 heteroatoms. The molecule has 234 valence electrons. The Kier molecular flexibility index (Phi) is 15.9. The van der Waals surface area contributed by atoms with Gasteiger partial charge in [-0.3, -0.25) is 9.59 Å². The van der Waals surface area contributed by atoms with Crippen molar-refractivity contribution < 1.29 is 18.6 Å². The van der Waals surface area contributed by atoms with Gasteiger partial charge in [-0.25, -0.2) is 0 Å². The molecule has 0 spiro atoms. The minimum atomic E-state index is -0.0273. The van der Waals surface area contributed by atoms with Gasteiger partial charge in [-0.05, 0) is 61.1 Å². The zero-order valence-corrected chi connectivity index (χ0v) is 27.6. The molecule has 0 bridgehead atoms. The van der Waals surface area contributed by atoms with Gasteiger partial charge in [-0.1, -0.05) is 63.8 Å². The van der Waals surface area contributed by atoms with Crippen molar-refractivity contribution in [1.82, 2.24) is 10.6 Å². The van der Waals surface area contributed by atoms with E-state index in [9.17, 15) is 9.59 Å². The third-order valence-corrected chi connectivity index (χ3v) is 8.31. The lowest BCUT2D eigenvalue weighted by Gasteiger charge is -2.30. The summed E-state index contributed by atoms with van der Waals surface area (Å²) in [5.41, 5.74) is 3.40. The molecule has 0 radical (unpaired) electrons. The van der Waals surface area contributed by atoms with Gasteiger partial charge < -0.3 is 19.6 Å². The van der Waals surface area contributed by atoms with Crippen LogP contribution < -0.4 is 10.6 Å². The third-order valence-electron chi connectivity index (χ3n) is 8.31.